The van der Waals surface area contributed by atoms with Crippen molar-refractivity contribution >= 4 is 16.9 Å². The second-order valence-corrected chi connectivity index (χ2v) is 2.83. The van der Waals surface area contributed by atoms with Crippen molar-refractivity contribution in [3.63, 3.8) is 0 Å². The normalized spacial score (nSPS) is 9.71. The van der Waals surface area contributed by atoms with Gasteiger partial charge in [0.1, 0.15) is 0 Å². The summed E-state index contributed by atoms with van der Waals surface area (Å²) in [5.74, 6) is 0.585. The molecule has 0 fully saturated rings. The number of hydrogen-bond acceptors (Lipinski definition) is 4. The average Bonchev–Trinajstić information content (AvgIpc) is 2.27. The molecular weight excluding hydrogens is 176 g/mol. The molecule has 14 heavy (non-hydrogen) atoms. The first kappa shape index (κ1) is 8.45. The number of anilines is 1. The van der Waals surface area contributed by atoms with Crippen LogP contribution in [-0.2, 0) is 0 Å². The zero-order chi connectivity index (χ0) is 9.97. The zero-order valence-corrected chi connectivity index (χ0v) is 7.65. The SMILES string of the molecule is CNc1ncc2cc(C#N)ccc2n1. The highest BCUT2D eigenvalue weighted by Crippen LogP contribution is 2.13. The fourth-order valence-corrected chi connectivity index (χ4v) is 1.22. The van der Waals surface area contributed by atoms with Crippen molar-refractivity contribution in [3.05, 3.63) is 30.0 Å². The van der Waals surface area contributed by atoms with Crippen molar-refractivity contribution in [1.29, 1.82) is 5.26 Å². The maximum atomic E-state index is 8.69. The predicted octanol–water partition coefficient (Wildman–Crippen LogP) is 1.54. The topological polar surface area (TPSA) is 61.6 Å². The summed E-state index contributed by atoms with van der Waals surface area (Å²) in [4.78, 5) is 8.31. The lowest BCUT2D eigenvalue weighted by molar-refractivity contribution is 1.19. The van der Waals surface area contributed by atoms with E-state index in [9.17, 15) is 0 Å². The maximum Gasteiger partial charge on any atom is 0.222 e. The van der Waals surface area contributed by atoms with Crippen molar-refractivity contribution in [2.45, 2.75) is 0 Å². The lowest BCUT2D eigenvalue weighted by Crippen LogP contribution is -1.95. The Morgan fingerprint density at radius 3 is 3.00 bits per heavy atom. The number of fused-ring (bicyclic) bond motifs is 1. The predicted molar refractivity (Wildman–Crippen MR) is 53.8 cm³/mol. The number of nitrogens with zero attached hydrogens (tertiary/aromatic N) is 3. The Bertz CT molecular complexity index is 513. The van der Waals surface area contributed by atoms with Crippen LogP contribution >= 0.6 is 0 Å². The summed E-state index contributed by atoms with van der Waals surface area (Å²) in [5.41, 5.74) is 1.46. The van der Waals surface area contributed by atoms with Gasteiger partial charge in [0.05, 0.1) is 17.1 Å². The van der Waals surface area contributed by atoms with Gasteiger partial charge in [-0.05, 0) is 18.2 Å². The van der Waals surface area contributed by atoms with Crippen LogP contribution in [0.4, 0.5) is 5.95 Å². The molecule has 2 rings (SSSR count). The molecule has 1 aromatic heterocycles. The smallest absolute Gasteiger partial charge is 0.222 e. The fourth-order valence-electron chi connectivity index (χ4n) is 1.22. The first-order chi connectivity index (χ1) is 6.83. The molecule has 0 aliphatic carbocycles. The standard InChI is InChI=1S/C10H8N4/c1-12-10-13-6-8-4-7(5-11)2-3-9(8)14-10/h2-4,6H,1H3,(H,12,13,14). The molecule has 1 aromatic carbocycles. The molecule has 0 aliphatic rings. The molecule has 0 amide bonds. The number of benzene rings is 1. The summed E-state index contributed by atoms with van der Waals surface area (Å²) in [7, 11) is 1.77. The number of aromatic nitrogens is 2. The Balaban J connectivity index is 2.64. The molecule has 0 spiro atoms. The molecule has 0 radical (unpaired) electrons. The van der Waals surface area contributed by atoms with Crippen molar-refractivity contribution in [2.75, 3.05) is 12.4 Å². The molecule has 1 N–H and O–H groups in total. The number of nitrogens with one attached hydrogen (secondary N) is 1. The van der Waals surface area contributed by atoms with Crippen molar-refractivity contribution < 1.29 is 0 Å². The number of nitriles is 1. The monoisotopic (exact) mass is 184 g/mol. The highest BCUT2D eigenvalue weighted by atomic mass is 15.1. The molecule has 4 heteroatoms. The van der Waals surface area contributed by atoms with Gasteiger partial charge in [-0.25, -0.2) is 9.97 Å². The van der Waals surface area contributed by atoms with Gasteiger partial charge in [-0.15, -0.1) is 0 Å². The van der Waals surface area contributed by atoms with Gasteiger partial charge in [-0.3, -0.25) is 0 Å². The molecule has 0 atom stereocenters. The minimum Gasteiger partial charge on any atom is -0.357 e. The van der Waals surface area contributed by atoms with E-state index in [1.807, 2.05) is 6.07 Å². The van der Waals surface area contributed by atoms with Crippen LogP contribution in [0.2, 0.25) is 0 Å². The molecule has 0 saturated carbocycles. The minimum atomic E-state index is 0.585. The summed E-state index contributed by atoms with van der Waals surface area (Å²) >= 11 is 0. The Morgan fingerprint density at radius 1 is 1.43 bits per heavy atom. The van der Waals surface area contributed by atoms with Crippen molar-refractivity contribution in [3.8, 4) is 6.07 Å². The summed E-state index contributed by atoms with van der Waals surface area (Å²) in [5, 5.41) is 12.4. The first-order valence-corrected chi connectivity index (χ1v) is 4.18. The van der Waals surface area contributed by atoms with Gasteiger partial charge in [-0.2, -0.15) is 5.26 Å². The van der Waals surface area contributed by atoms with Gasteiger partial charge in [0.2, 0.25) is 5.95 Å². The molecule has 4 nitrogen and oxygen atoms in total. The van der Waals surface area contributed by atoms with Crippen LogP contribution in [-0.4, -0.2) is 17.0 Å². The van der Waals surface area contributed by atoms with Gasteiger partial charge in [0, 0.05) is 18.6 Å². The number of rotatable bonds is 1. The van der Waals surface area contributed by atoms with Gasteiger partial charge < -0.3 is 5.32 Å². The molecule has 0 unspecified atom stereocenters. The Labute approximate surface area is 81.2 Å². The van der Waals surface area contributed by atoms with Crippen LogP contribution < -0.4 is 5.32 Å². The Kier molecular flexibility index (Phi) is 1.99. The number of hydrogen-bond donors (Lipinski definition) is 1. The lowest BCUT2D eigenvalue weighted by atomic mass is 10.2. The zero-order valence-electron chi connectivity index (χ0n) is 7.65. The van der Waals surface area contributed by atoms with E-state index in [-0.39, 0.29) is 0 Å². The first-order valence-electron chi connectivity index (χ1n) is 4.18. The van der Waals surface area contributed by atoms with Crippen LogP contribution in [0, 0.1) is 11.3 Å². The van der Waals surface area contributed by atoms with E-state index in [1.165, 1.54) is 0 Å². The van der Waals surface area contributed by atoms with Gasteiger partial charge in [-0.1, -0.05) is 0 Å². The van der Waals surface area contributed by atoms with E-state index in [0.29, 0.717) is 11.5 Å². The summed E-state index contributed by atoms with van der Waals surface area (Å²) in [6.45, 7) is 0. The summed E-state index contributed by atoms with van der Waals surface area (Å²) in [6.07, 6.45) is 1.70. The molecule has 0 bridgehead atoms. The molecular formula is C10H8N4. The third-order valence-corrected chi connectivity index (χ3v) is 1.93. The van der Waals surface area contributed by atoms with Crippen LogP contribution in [0.3, 0.4) is 0 Å². The van der Waals surface area contributed by atoms with Crippen LogP contribution in [0.1, 0.15) is 5.56 Å². The third-order valence-electron chi connectivity index (χ3n) is 1.93. The largest absolute Gasteiger partial charge is 0.357 e. The molecule has 0 saturated heterocycles. The maximum absolute atomic E-state index is 8.69. The van der Waals surface area contributed by atoms with E-state index >= 15 is 0 Å². The minimum absolute atomic E-state index is 0.585. The van der Waals surface area contributed by atoms with Gasteiger partial charge in [0.15, 0.2) is 0 Å². The molecule has 2 aromatic rings. The quantitative estimate of drug-likeness (QED) is 0.730. The van der Waals surface area contributed by atoms with E-state index in [1.54, 1.807) is 25.4 Å². The second-order valence-electron chi connectivity index (χ2n) is 2.83. The van der Waals surface area contributed by atoms with E-state index in [0.717, 1.165) is 10.9 Å². The average molecular weight is 184 g/mol. The van der Waals surface area contributed by atoms with Crippen LogP contribution in [0.15, 0.2) is 24.4 Å². The molecule has 0 aliphatic heterocycles. The molecule has 68 valence electrons. The van der Waals surface area contributed by atoms with E-state index in [2.05, 4.69) is 21.4 Å². The van der Waals surface area contributed by atoms with Gasteiger partial charge in [0.25, 0.3) is 0 Å². The van der Waals surface area contributed by atoms with E-state index in [4.69, 9.17) is 5.26 Å². The van der Waals surface area contributed by atoms with Crippen molar-refractivity contribution in [2.24, 2.45) is 0 Å². The fraction of sp³-hybridized carbons (Fsp3) is 0.100. The summed E-state index contributed by atoms with van der Waals surface area (Å²) < 4.78 is 0. The summed E-state index contributed by atoms with van der Waals surface area (Å²) in [6, 6.07) is 7.41. The Morgan fingerprint density at radius 2 is 2.29 bits per heavy atom. The third kappa shape index (κ3) is 1.36. The molecule has 1 heterocycles. The second kappa shape index (κ2) is 3.30. The van der Waals surface area contributed by atoms with Crippen LogP contribution in [0.5, 0.6) is 0 Å². The highest BCUT2D eigenvalue weighted by Gasteiger charge is 1.98. The lowest BCUT2D eigenvalue weighted by Gasteiger charge is -2.00. The van der Waals surface area contributed by atoms with Gasteiger partial charge >= 0.3 is 0 Å². The van der Waals surface area contributed by atoms with Crippen molar-refractivity contribution in [1.82, 2.24) is 9.97 Å². The van der Waals surface area contributed by atoms with Crippen LogP contribution in [0.25, 0.3) is 10.9 Å². The Hall–Kier alpha value is -2.15. The van der Waals surface area contributed by atoms with E-state index < -0.39 is 0 Å². The highest BCUT2D eigenvalue weighted by molar-refractivity contribution is 5.80.